The summed E-state index contributed by atoms with van der Waals surface area (Å²) in [6, 6.07) is 18.7. The Morgan fingerprint density at radius 1 is 1.06 bits per heavy atom. The van der Waals surface area contributed by atoms with E-state index >= 15 is 0 Å². The van der Waals surface area contributed by atoms with Gasteiger partial charge in [0.1, 0.15) is 17.9 Å². The first kappa shape index (κ1) is 22.3. The van der Waals surface area contributed by atoms with E-state index < -0.39 is 23.4 Å². The number of hydrazone groups is 1. The molecule has 0 saturated carbocycles. The van der Waals surface area contributed by atoms with Gasteiger partial charge in [0, 0.05) is 11.1 Å². The van der Waals surface area contributed by atoms with E-state index in [0.717, 1.165) is 11.1 Å². The van der Waals surface area contributed by atoms with Crippen molar-refractivity contribution in [1.82, 2.24) is 15.2 Å². The lowest BCUT2D eigenvalue weighted by molar-refractivity contribution is -0.386. The van der Waals surface area contributed by atoms with Gasteiger partial charge in [0.05, 0.1) is 10.6 Å². The monoisotopic (exact) mass is 435 g/mol. The van der Waals surface area contributed by atoms with Gasteiger partial charge in [0.25, 0.3) is 5.91 Å². The summed E-state index contributed by atoms with van der Waals surface area (Å²) in [6.07, 6.45) is 0. The summed E-state index contributed by atoms with van der Waals surface area (Å²) in [4.78, 5) is 34.8. The lowest BCUT2D eigenvalue weighted by Crippen LogP contribution is -2.27. The lowest BCUT2D eigenvalue weighted by atomic mass is 10.0. The number of nitrogens with one attached hydrogen (secondary N) is 1. The number of esters is 1. The van der Waals surface area contributed by atoms with Crippen LogP contribution >= 0.6 is 0 Å². The van der Waals surface area contributed by atoms with Crippen LogP contribution in [-0.2, 0) is 20.9 Å². The average molecular weight is 435 g/mol. The van der Waals surface area contributed by atoms with Crippen molar-refractivity contribution in [2.75, 3.05) is 6.61 Å². The highest BCUT2D eigenvalue weighted by Gasteiger charge is 2.23. The number of carbonyl (C=O) groups excluding carboxylic acids is 2. The van der Waals surface area contributed by atoms with Gasteiger partial charge < -0.3 is 4.74 Å². The lowest BCUT2D eigenvalue weighted by Gasteiger charge is -2.08. The van der Waals surface area contributed by atoms with Crippen LogP contribution in [0.5, 0.6) is 0 Å². The summed E-state index contributed by atoms with van der Waals surface area (Å²) in [5.41, 5.74) is 4.84. The fraction of sp³-hybridized carbons (Fsp3) is 0.182. The van der Waals surface area contributed by atoms with Gasteiger partial charge in [0.15, 0.2) is 6.61 Å². The molecule has 10 heteroatoms. The molecule has 2 aromatic carbocycles. The van der Waals surface area contributed by atoms with Gasteiger partial charge in [-0.3, -0.25) is 24.4 Å². The zero-order valence-electron chi connectivity index (χ0n) is 17.5. The Bertz CT molecular complexity index is 1110. The summed E-state index contributed by atoms with van der Waals surface area (Å²) in [5.74, 6) is -1.38. The van der Waals surface area contributed by atoms with Crippen LogP contribution in [0.25, 0.3) is 0 Å². The quantitative estimate of drug-likeness (QED) is 0.251. The molecule has 0 unspecified atom stereocenters. The molecular weight excluding hydrogens is 414 g/mol. The first-order chi connectivity index (χ1) is 15.4. The molecule has 0 fully saturated rings. The smallest absolute Gasteiger partial charge is 0.328 e. The summed E-state index contributed by atoms with van der Waals surface area (Å²) in [6.45, 7) is 2.06. The van der Waals surface area contributed by atoms with Crippen molar-refractivity contribution in [1.29, 1.82) is 0 Å². The Balaban J connectivity index is 1.62. The molecule has 0 aliphatic heterocycles. The van der Waals surface area contributed by atoms with E-state index in [1.807, 2.05) is 60.7 Å². The molecule has 0 bridgehead atoms. The molecule has 1 heterocycles. The predicted molar refractivity (Wildman–Crippen MR) is 116 cm³/mol. The minimum absolute atomic E-state index is 0.153. The predicted octanol–water partition coefficient (Wildman–Crippen LogP) is 2.52. The van der Waals surface area contributed by atoms with Crippen LogP contribution in [0.2, 0.25) is 0 Å². The van der Waals surface area contributed by atoms with Crippen molar-refractivity contribution in [2.24, 2.45) is 5.10 Å². The fourth-order valence-electron chi connectivity index (χ4n) is 3.06. The molecule has 0 atom stereocenters. The van der Waals surface area contributed by atoms with Gasteiger partial charge in [0.2, 0.25) is 0 Å². The maximum absolute atomic E-state index is 12.2. The molecule has 0 aliphatic rings. The van der Waals surface area contributed by atoms with Crippen LogP contribution in [0.3, 0.4) is 0 Å². The molecule has 10 nitrogen and oxygen atoms in total. The number of ether oxygens (including phenoxy) is 1. The maximum Gasteiger partial charge on any atom is 0.328 e. The molecular formula is C22H21N5O5. The second-order valence-corrected chi connectivity index (χ2v) is 6.82. The van der Waals surface area contributed by atoms with Crippen LogP contribution in [0.1, 0.15) is 22.5 Å². The summed E-state index contributed by atoms with van der Waals surface area (Å²) >= 11 is 0. The van der Waals surface area contributed by atoms with Crippen LogP contribution in [-0.4, -0.2) is 38.9 Å². The van der Waals surface area contributed by atoms with Gasteiger partial charge in [-0.1, -0.05) is 60.7 Å². The second-order valence-electron chi connectivity index (χ2n) is 6.82. The van der Waals surface area contributed by atoms with E-state index in [-0.39, 0.29) is 23.6 Å². The fourth-order valence-corrected chi connectivity index (χ4v) is 3.06. The number of benzene rings is 2. The highest BCUT2D eigenvalue weighted by atomic mass is 16.6. The standard InChI is InChI=1S/C22H21N5O5/c1-15-22(27(30)31)16(2)26(25-15)13-20(29)32-14-19(28)23-24-21(17-9-5-3-6-10-17)18-11-7-4-8-12-18/h3-12H,13-14H2,1-2H3,(H,23,28). The first-order valence-electron chi connectivity index (χ1n) is 9.68. The number of hydrogen-bond acceptors (Lipinski definition) is 7. The van der Waals surface area contributed by atoms with E-state index in [1.165, 1.54) is 18.5 Å². The Morgan fingerprint density at radius 3 is 2.12 bits per heavy atom. The third kappa shape index (κ3) is 5.42. The number of carbonyl (C=O) groups is 2. The highest BCUT2D eigenvalue weighted by Crippen LogP contribution is 2.21. The van der Waals surface area contributed by atoms with E-state index in [2.05, 4.69) is 15.6 Å². The van der Waals surface area contributed by atoms with Crippen molar-refractivity contribution in [3.63, 3.8) is 0 Å². The summed E-state index contributed by atoms with van der Waals surface area (Å²) in [7, 11) is 0. The minimum Gasteiger partial charge on any atom is -0.454 e. The van der Waals surface area contributed by atoms with Gasteiger partial charge in [-0.25, -0.2) is 5.43 Å². The number of hydrogen-bond donors (Lipinski definition) is 1. The zero-order chi connectivity index (χ0) is 23.1. The van der Waals surface area contributed by atoms with Crippen molar-refractivity contribution in [3.05, 3.63) is 93.3 Å². The van der Waals surface area contributed by atoms with Crippen molar-refractivity contribution < 1.29 is 19.2 Å². The van der Waals surface area contributed by atoms with E-state index in [0.29, 0.717) is 5.71 Å². The Kier molecular flexibility index (Phi) is 7.06. The van der Waals surface area contributed by atoms with E-state index in [9.17, 15) is 19.7 Å². The molecule has 1 amide bonds. The zero-order valence-corrected chi connectivity index (χ0v) is 17.5. The van der Waals surface area contributed by atoms with Crippen molar-refractivity contribution in [3.8, 4) is 0 Å². The molecule has 32 heavy (non-hydrogen) atoms. The van der Waals surface area contributed by atoms with Gasteiger partial charge >= 0.3 is 11.7 Å². The number of rotatable bonds is 8. The second kappa shape index (κ2) is 10.1. The van der Waals surface area contributed by atoms with Crippen molar-refractivity contribution in [2.45, 2.75) is 20.4 Å². The van der Waals surface area contributed by atoms with E-state index in [1.54, 1.807) is 0 Å². The molecule has 1 aromatic heterocycles. The molecule has 0 aliphatic carbocycles. The van der Waals surface area contributed by atoms with E-state index in [4.69, 9.17) is 4.74 Å². The molecule has 0 radical (unpaired) electrons. The number of aromatic nitrogens is 2. The molecule has 1 N–H and O–H groups in total. The van der Waals surface area contributed by atoms with Crippen LogP contribution < -0.4 is 5.43 Å². The molecule has 3 rings (SSSR count). The Hall–Kier alpha value is -4.34. The number of aryl methyl sites for hydroxylation is 1. The maximum atomic E-state index is 12.2. The van der Waals surface area contributed by atoms with Gasteiger partial charge in [-0.15, -0.1) is 0 Å². The summed E-state index contributed by atoms with van der Waals surface area (Å²) in [5, 5.41) is 19.2. The van der Waals surface area contributed by atoms with Gasteiger partial charge in [-0.2, -0.15) is 10.2 Å². The van der Waals surface area contributed by atoms with Crippen molar-refractivity contribution >= 4 is 23.3 Å². The van der Waals surface area contributed by atoms with Crippen LogP contribution in [0.4, 0.5) is 5.69 Å². The molecule has 0 saturated heterocycles. The Morgan fingerprint density at radius 2 is 1.62 bits per heavy atom. The largest absolute Gasteiger partial charge is 0.454 e. The number of nitro groups is 1. The van der Waals surface area contributed by atoms with Gasteiger partial charge in [-0.05, 0) is 13.8 Å². The normalized spacial score (nSPS) is 10.3. The first-order valence-corrected chi connectivity index (χ1v) is 9.68. The number of amides is 1. The van der Waals surface area contributed by atoms with Crippen LogP contribution in [0, 0.1) is 24.0 Å². The third-order valence-corrected chi connectivity index (χ3v) is 4.56. The highest BCUT2D eigenvalue weighted by molar-refractivity contribution is 6.13. The molecule has 0 spiro atoms. The molecule has 3 aromatic rings. The van der Waals surface area contributed by atoms with Crippen LogP contribution in [0.15, 0.2) is 65.8 Å². The number of nitrogens with zero attached hydrogens (tertiary/aromatic N) is 4. The average Bonchev–Trinajstić information content (AvgIpc) is 3.06. The minimum atomic E-state index is -0.754. The SMILES string of the molecule is Cc1nn(CC(=O)OCC(=O)NN=C(c2ccccc2)c2ccccc2)c(C)c1[N+](=O)[O-]. The summed E-state index contributed by atoms with van der Waals surface area (Å²) < 4.78 is 6.14. The topological polar surface area (TPSA) is 129 Å². The Labute approximate surface area is 183 Å². The third-order valence-electron chi connectivity index (χ3n) is 4.56. The molecule has 164 valence electrons.